The van der Waals surface area contributed by atoms with Gasteiger partial charge in [-0.15, -0.1) is 6.42 Å². The number of piperidine rings is 1. The molecule has 0 aromatic heterocycles. The van der Waals surface area contributed by atoms with E-state index in [2.05, 4.69) is 5.92 Å². The number of hydrogen-bond donors (Lipinski definition) is 1. The van der Waals surface area contributed by atoms with E-state index in [4.69, 9.17) is 11.5 Å². The summed E-state index contributed by atoms with van der Waals surface area (Å²) in [5.74, 6) is 0.0217. The highest BCUT2D eigenvalue weighted by atomic mass is 19.1. The summed E-state index contributed by atoms with van der Waals surface area (Å²) in [5, 5.41) is 9.15. The summed E-state index contributed by atoms with van der Waals surface area (Å²) in [6.45, 7) is 0.369. The highest BCUT2D eigenvalue weighted by Crippen LogP contribution is 2.21. The first kappa shape index (κ1) is 14.1. The van der Waals surface area contributed by atoms with E-state index in [0.717, 1.165) is 18.9 Å². The summed E-state index contributed by atoms with van der Waals surface area (Å²) in [5.41, 5.74) is 0.199. The molecule has 1 fully saturated rings. The summed E-state index contributed by atoms with van der Waals surface area (Å²) in [6, 6.07) is 2.99. The van der Waals surface area contributed by atoms with Crippen molar-refractivity contribution >= 4 is 11.9 Å². The van der Waals surface area contributed by atoms with Gasteiger partial charge in [-0.1, -0.05) is 5.92 Å². The van der Waals surface area contributed by atoms with Gasteiger partial charge in [0.15, 0.2) is 0 Å². The van der Waals surface area contributed by atoms with Gasteiger partial charge in [0.2, 0.25) is 0 Å². The summed E-state index contributed by atoms with van der Waals surface area (Å²) in [4.78, 5) is 24.8. The van der Waals surface area contributed by atoms with Gasteiger partial charge in [0, 0.05) is 12.1 Å². The van der Waals surface area contributed by atoms with Gasteiger partial charge in [-0.25, -0.2) is 9.18 Å². The van der Waals surface area contributed by atoms with Crippen LogP contribution in [-0.4, -0.2) is 34.5 Å². The maximum Gasteiger partial charge on any atom is 0.326 e. The summed E-state index contributed by atoms with van der Waals surface area (Å²) in [6.07, 6.45) is 7.06. The number of halogens is 1. The van der Waals surface area contributed by atoms with Crippen LogP contribution in [0.25, 0.3) is 0 Å². The van der Waals surface area contributed by atoms with Crippen LogP contribution in [0.5, 0.6) is 0 Å². The monoisotopic (exact) mass is 275 g/mol. The molecule has 104 valence electrons. The lowest BCUT2D eigenvalue weighted by atomic mass is 10.0. The summed E-state index contributed by atoms with van der Waals surface area (Å²) < 4.78 is 13.6. The van der Waals surface area contributed by atoms with Gasteiger partial charge >= 0.3 is 5.97 Å². The zero-order chi connectivity index (χ0) is 14.7. The minimum atomic E-state index is -1.03. The van der Waals surface area contributed by atoms with Crippen LogP contribution < -0.4 is 0 Å². The lowest BCUT2D eigenvalue weighted by Crippen LogP contribution is -2.48. The van der Waals surface area contributed by atoms with Crippen molar-refractivity contribution in [1.82, 2.24) is 4.90 Å². The third kappa shape index (κ3) is 2.64. The van der Waals surface area contributed by atoms with Gasteiger partial charge in [0.25, 0.3) is 5.91 Å². The molecule has 1 saturated heterocycles. The molecule has 4 nitrogen and oxygen atoms in total. The normalized spacial score (nSPS) is 18.4. The van der Waals surface area contributed by atoms with E-state index >= 15 is 0 Å². The maximum absolute atomic E-state index is 13.6. The van der Waals surface area contributed by atoms with Crippen molar-refractivity contribution in [2.45, 2.75) is 25.3 Å². The van der Waals surface area contributed by atoms with Crippen molar-refractivity contribution in [3.63, 3.8) is 0 Å². The zero-order valence-corrected chi connectivity index (χ0v) is 10.8. The highest BCUT2D eigenvalue weighted by molar-refractivity contribution is 5.96. The Bertz CT molecular complexity index is 591. The second kappa shape index (κ2) is 5.74. The van der Waals surface area contributed by atoms with Crippen LogP contribution in [0.4, 0.5) is 4.39 Å². The molecule has 0 unspecified atom stereocenters. The fourth-order valence-electron chi connectivity index (χ4n) is 2.36. The molecule has 0 spiro atoms. The summed E-state index contributed by atoms with van der Waals surface area (Å²) in [7, 11) is 0. The van der Waals surface area contributed by atoms with E-state index in [1.807, 2.05) is 0 Å². The Kier molecular flexibility index (Phi) is 4.04. The van der Waals surface area contributed by atoms with E-state index in [1.54, 1.807) is 0 Å². The van der Waals surface area contributed by atoms with Crippen LogP contribution in [0.1, 0.15) is 35.2 Å². The van der Waals surface area contributed by atoms with Crippen molar-refractivity contribution < 1.29 is 19.1 Å². The Morgan fingerprint density at radius 3 is 2.75 bits per heavy atom. The number of benzene rings is 1. The molecule has 1 aromatic rings. The second-order valence-corrected chi connectivity index (χ2v) is 4.69. The lowest BCUT2D eigenvalue weighted by Gasteiger charge is -2.33. The first-order chi connectivity index (χ1) is 9.54. The molecule has 1 aliphatic heterocycles. The molecule has 1 aliphatic rings. The van der Waals surface area contributed by atoms with Crippen LogP contribution in [-0.2, 0) is 4.79 Å². The molecule has 2 rings (SSSR count). The number of nitrogens with zero attached hydrogens (tertiary/aromatic N) is 1. The van der Waals surface area contributed by atoms with Gasteiger partial charge in [-0.05, 0) is 37.5 Å². The van der Waals surface area contributed by atoms with Crippen molar-refractivity contribution in [2.75, 3.05) is 6.54 Å². The number of carbonyl (C=O) groups is 2. The van der Waals surface area contributed by atoms with Crippen LogP contribution in [0.15, 0.2) is 18.2 Å². The number of carboxylic acid groups (broad SMARTS) is 1. The number of likely N-dealkylation sites (tertiary alicyclic amines) is 1. The quantitative estimate of drug-likeness (QED) is 0.838. The highest BCUT2D eigenvalue weighted by Gasteiger charge is 2.32. The van der Waals surface area contributed by atoms with Crippen molar-refractivity contribution in [2.24, 2.45) is 0 Å². The molecule has 1 amide bonds. The van der Waals surface area contributed by atoms with Crippen molar-refractivity contribution in [3.05, 3.63) is 35.1 Å². The molecule has 0 radical (unpaired) electrons. The average molecular weight is 275 g/mol. The zero-order valence-electron chi connectivity index (χ0n) is 10.8. The van der Waals surface area contributed by atoms with Crippen LogP contribution in [0.2, 0.25) is 0 Å². The van der Waals surface area contributed by atoms with E-state index in [9.17, 15) is 14.0 Å². The molecule has 1 N–H and O–H groups in total. The minimum absolute atomic E-state index is 0.0787. The Labute approximate surface area is 116 Å². The molecule has 0 aliphatic carbocycles. The number of hydrogen-bond acceptors (Lipinski definition) is 2. The Balaban J connectivity index is 2.28. The molecular formula is C15H14FNO3. The molecular weight excluding hydrogens is 261 g/mol. The number of amides is 1. The van der Waals surface area contributed by atoms with Gasteiger partial charge in [0.05, 0.1) is 5.56 Å². The van der Waals surface area contributed by atoms with Crippen molar-refractivity contribution in [3.8, 4) is 12.3 Å². The first-order valence-corrected chi connectivity index (χ1v) is 6.34. The number of rotatable bonds is 2. The molecule has 1 atom stereocenters. The first-order valence-electron chi connectivity index (χ1n) is 6.34. The van der Waals surface area contributed by atoms with Gasteiger partial charge in [-0.3, -0.25) is 4.79 Å². The van der Waals surface area contributed by atoms with Crippen LogP contribution in [0, 0.1) is 18.2 Å². The SMILES string of the molecule is C#Cc1ccc(C(=O)N2CCCC[C@@H]2C(=O)O)cc1F. The van der Waals surface area contributed by atoms with Crippen LogP contribution >= 0.6 is 0 Å². The number of terminal acetylenes is 1. The van der Waals surface area contributed by atoms with E-state index < -0.39 is 23.7 Å². The molecule has 1 aromatic carbocycles. The molecule has 5 heteroatoms. The Morgan fingerprint density at radius 2 is 2.15 bits per heavy atom. The largest absolute Gasteiger partial charge is 0.480 e. The van der Waals surface area contributed by atoms with E-state index in [0.29, 0.717) is 13.0 Å². The maximum atomic E-state index is 13.6. The van der Waals surface area contributed by atoms with Crippen LogP contribution in [0.3, 0.4) is 0 Å². The smallest absolute Gasteiger partial charge is 0.326 e. The molecule has 1 heterocycles. The second-order valence-electron chi connectivity index (χ2n) is 4.69. The predicted octanol–water partition coefficient (Wildman–Crippen LogP) is 1.89. The minimum Gasteiger partial charge on any atom is -0.480 e. The Hall–Kier alpha value is -2.35. The fraction of sp³-hybridized carbons (Fsp3) is 0.333. The van der Waals surface area contributed by atoms with E-state index in [1.165, 1.54) is 17.0 Å². The van der Waals surface area contributed by atoms with Gasteiger partial charge in [0.1, 0.15) is 11.9 Å². The molecule has 0 bridgehead atoms. The summed E-state index contributed by atoms with van der Waals surface area (Å²) >= 11 is 0. The third-order valence-electron chi connectivity index (χ3n) is 3.42. The lowest BCUT2D eigenvalue weighted by molar-refractivity contribution is -0.143. The fourth-order valence-corrected chi connectivity index (χ4v) is 2.36. The number of carboxylic acids is 1. The molecule has 0 saturated carbocycles. The van der Waals surface area contributed by atoms with Crippen molar-refractivity contribution in [1.29, 1.82) is 0 Å². The number of carbonyl (C=O) groups excluding carboxylic acids is 1. The van der Waals surface area contributed by atoms with Gasteiger partial charge < -0.3 is 10.0 Å². The standard InChI is InChI=1S/C15H14FNO3/c1-2-10-6-7-11(9-12(10)16)14(18)17-8-4-3-5-13(17)15(19)20/h1,6-7,9,13H,3-5,8H2,(H,19,20)/t13-/m1/s1. The topological polar surface area (TPSA) is 57.6 Å². The third-order valence-corrected chi connectivity index (χ3v) is 3.42. The van der Waals surface area contributed by atoms with E-state index in [-0.39, 0.29) is 11.1 Å². The Morgan fingerprint density at radius 1 is 1.40 bits per heavy atom. The molecule has 20 heavy (non-hydrogen) atoms. The predicted molar refractivity (Wildman–Crippen MR) is 70.6 cm³/mol. The number of aliphatic carboxylic acids is 1. The average Bonchev–Trinajstić information content (AvgIpc) is 2.46. The van der Waals surface area contributed by atoms with Gasteiger partial charge in [-0.2, -0.15) is 0 Å².